The fraction of sp³-hybridized carbons (Fsp3) is 0.393. The molecule has 0 aliphatic carbocycles. The SMILES string of the molecule is CCCCC(CC)CN1C(=O)c2cccc3c(-c4nc5c(c(=O)n(C)c(=O)n5C)n4C)ccc(c23)C1=O. The smallest absolute Gasteiger partial charge is 0.321 e. The second-order valence-corrected chi connectivity index (χ2v) is 9.90. The number of imide groups is 1. The predicted octanol–water partition coefficient (Wildman–Crippen LogP) is 3.60. The van der Waals surface area contributed by atoms with Gasteiger partial charge in [0.05, 0.1) is 0 Å². The highest BCUT2D eigenvalue weighted by Gasteiger charge is 2.35. The Morgan fingerprint density at radius 1 is 0.838 bits per heavy atom. The third-order valence-electron chi connectivity index (χ3n) is 7.69. The number of amides is 2. The fourth-order valence-electron chi connectivity index (χ4n) is 5.44. The summed E-state index contributed by atoms with van der Waals surface area (Å²) in [4.78, 5) is 58.5. The quantitative estimate of drug-likeness (QED) is 0.360. The standard InChI is InChI=1S/C28H31N5O4/c1-6-8-10-16(7-2)15-33-25(34)19-12-9-11-17-18(13-14-20(21(17)19)26(33)35)23-29-24-22(30(23)3)27(36)32(5)28(37)31(24)4/h9,11-14,16H,6-8,10,15H2,1-5H3. The molecule has 3 heterocycles. The molecule has 2 aromatic carbocycles. The van der Waals surface area contributed by atoms with E-state index in [9.17, 15) is 19.2 Å². The van der Waals surface area contributed by atoms with Gasteiger partial charge in [0.1, 0.15) is 5.82 Å². The average Bonchev–Trinajstić information content (AvgIpc) is 3.25. The monoisotopic (exact) mass is 501 g/mol. The molecule has 0 fully saturated rings. The van der Waals surface area contributed by atoms with Crippen molar-refractivity contribution < 1.29 is 9.59 Å². The van der Waals surface area contributed by atoms with Gasteiger partial charge >= 0.3 is 5.69 Å². The van der Waals surface area contributed by atoms with Crippen molar-refractivity contribution in [2.75, 3.05) is 6.54 Å². The normalized spacial score (nSPS) is 14.2. The molecule has 1 unspecified atom stereocenters. The highest BCUT2D eigenvalue weighted by atomic mass is 16.2. The minimum Gasteiger partial charge on any atom is -0.321 e. The van der Waals surface area contributed by atoms with Crippen LogP contribution in [0.1, 0.15) is 60.2 Å². The molecule has 0 bridgehead atoms. The Bertz CT molecular complexity index is 1690. The second-order valence-electron chi connectivity index (χ2n) is 9.90. The van der Waals surface area contributed by atoms with Crippen molar-refractivity contribution in [2.24, 2.45) is 27.1 Å². The Morgan fingerprint density at radius 3 is 2.19 bits per heavy atom. The number of hydrogen-bond donors (Lipinski definition) is 0. The Hall–Kier alpha value is -4.01. The molecule has 1 aliphatic rings. The zero-order valence-corrected chi connectivity index (χ0v) is 21.9. The molecule has 0 spiro atoms. The number of carbonyl (C=O) groups excluding carboxylic acids is 2. The van der Waals surface area contributed by atoms with Gasteiger partial charge in [0.2, 0.25) is 0 Å². The first kappa shape index (κ1) is 24.7. The third kappa shape index (κ3) is 3.63. The largest absolute Gasteiger partial charge is 0.332 e. The fourth-order valence-corrected chi connectivity index (χ4v) is 5.44. The van der Waals surface area contributed by atoms with Crippen molar-refractivity contribution in [3.8, 4) is 11.4 Å². The highest BCUT2D eigenvalue weighted by molar-refractivity contribution is 6.26. The van der Waals surface area contributed by atoms with Crippen LogP contribution in [0.25, 0.3) is 33.3 Å². The maximum atomic E-state index is 13.6. The van der Waals surface area contributed by atoms with Crippen molar-refractivity contribution >= 4 is 33.8 Å². The molecule has 5 rings (SSSR count). The Morgan fingerprint density at radius 2 is 1.51 bits per heavy atom. The van der Waals surface area contributed by atoms with Crippen LogP contribution in [-0.2, 0) is 21.1 Å². The van der Waals surface area contributed by atoms with Gasteiger partial charge in [0, 0.05) is 49.8 Å². The van der Waals surface area contributed by atoms with Crippen LogP contribution in [0.3, 0.4) is 0 Å². The molecule has 2 aromatic heterocycles. The summed E-state index contributed by atoms with van der Waals surface area (Å²) >= 11 is 0. The summed E-state index contributed by atoms with van der Waals surface area (Å²) in [6.07, 6.45) is 4.03. The molecule has 2 amide bonds. The number of benzene rings is 2. The minimum atomic E-state index is -0.459. The number of nitrogens with zero attached hydrogens (tertiary/aromatic N) is 5. The Labute approximate surface area is 213 Å². The zero-order chi connectivity index (χ0) is 26.6. The molecule has 1 aliphatic heterocycles. The van der Waals surface area contributed by atoms with Crippen LogP contribution in [-0.4, -0.2) is 41.9 Å². The van der Waals surface area contributed by atoms with Crippen LogP contribution >= 0.6 is 0 Å². The first-order valence-electron chi connectivity index (χ1n) is 12.8. The van der Waals surface area contributed by atoms with E-state index in [1.54, 1.807) is 30.8 Å². The molecule has 0 saturated carbocycles. The average molecular weight is 502 g/mol. The van der Waals surface area contributed by atoms with Crippen LogP contribution in [0.15, 0.2) is 39.9 Å². The van der Waals surface area contributed by atoms with Gasteiger partial charge in [-0.2, -0.15) is 0 Å². The first-order chi connectivity index (χ1) is 17.7. The van der Waals surface area contributed by atoms with Gasteiger partial charge in [0.15, 0.2) is 11.2 Å². The summed E-state index contributed by atoms with van der Waals surface area (Å²) < 4.78 is 4.07. The number of rotatable bonds is 7. The molecule has 0 radical (unpaired) electrons. The van der Waals surface area contributed by atoms with Crippen molar-refractivity contribution in [2.45, 2.75) is 39.5 Å². The number of imidazole rings is 1. The van der Waals surface area contributed by atoms with Crippen LogP contribution in [0.5, 0.6) is 0 Å². The molecule has 0 saturated heterocycles. The number of carbonyl (C=O) groups is 2. The Balaban J connectivity index is 1.68. The van der Waals surface area contributed by atoms with Gasteiger partial charge in [-0.1, -0.05) is 45.2 Å². The van der Waals surface area contributed by atoms with E-state index in [2.05, 4.69) is 18.8 Å². The molecule has 9 nitrogen and oxygen atoms in total. The zero-order valence-electron chi connectivity index (χ0n) is 21.9. The van der Waals surface area contributed by atoms with Gasteiger partial charge < -0.3 is 4.57 Å². The van der Waals surface area contributed by atoms with E-state index in [1.807, 2.05) is 18.2 Å². The lowest BCUT2D eigenvalue weighted by atomic mass is 9.90. The molecule has 192 valence electrons. The van der Waals surface area contributed by atoms with E-state index < -0.39 is 11.2 Å². The van der Waals surface area contributed by atoms with Crippen molar-refractivity contribution in [1.82, 2.24) is 23.6 Å². The summed E-state index contributed by atoms with van der Waals surface area (Å²) in [5.41, 5.74) is 1.34. The molecule has 4 aromatic rings. The second kappa shape index (κ2) is 9.14. The molecule has 0 N–H and O–H groups in total. The van der Waals surface area contributed by atoms with Crippen molar-refractivity contribution in [1.29, 1.82) is 0 Å². The molecule has 1 atom stereocenters. The number of unbranched alkanes of at least 4 members (excludes halogenated alkanes) is 1. The number of hydrogen-bond acceptors (Lipinski definition) is 5. The first-order valence-corrected chi connectivity index (χ1v) is 12.8. The van der Waals surface area contributed by atoms with Crippen LogP contribution in [0, 0.1) is 5.92 Å². The van der Waals surface area contributed by atoms with Gasteiger partial charge in [-0.3, -0.25) is 28.4 Å². The topological polar surface area (TPSA) is 99.2 Å². The maximum absolute atomic E-state index is 13.6. The number of aromatic nitrogens is 4. The number of fused-ring (bicyclic) bond motifs is 1. The summed E-state index contributed by atoms with van der Waals surface area (Å²) in [6, 6.07) is 8.99. The maximum Gasteiger partial charge on any atom is 0.332 e. The molecule has 37 heavy (non-hydrogen) atoms. The lowest BCUT2D eigenvalue weighted by molar-refractivity contribution is 0.0580. The van der Waals surface area contributed by atoms with Gasteiger partial charge in [0.25, 0.3) is 17.4 Å². The van der Waals surface area contributed by atoms with E-state index in [4.69, 9.17) is 0 Å². The number of aryl methyl sites for hydroxylation is 2. The summed E-state index contributed by atoms with van der Waals surface area (Å²) in [7, 11) is 4.74. The van der Waals surface area contributed by atoms with E-state index in [0.29, 0.717) is 45.3 Å². The van der Waals surface area contributed by atoms with Crippen LogP contribution in [0.4, 0.5) is 0 Å². The highest BCUT2D eigenvalue weighted by Crippen LogP contribution is 2.37. The van der Waals surface area contributed by atoms with Crippen LogP contribution < -0.4 is 11.2 Å². The van der Waals surface area contributed by atoms with Crippen molar-refractivity contribution in [3.63, 3.8) is 0 Å². The summed E-state index contributed by atoms with van der Waals surface area (Å²) in [5, 5.41) is 1.30. The molecule has 9 heteroatoms. The third-order valence-corrected chi connectivity index (χ3v) is 7.69. The lowest BCUT2D eigenvalue weighted by Crippen LogP contribution is -2.43. The van der Waals surface area contributed by atoms with Crippen molar-refractivity contribution in [3.05, 3.63) is 62.3 Å². The molecular weight excluding hydrogens is 470 g/mol. The van der Waals surface area contributed by atoms with E-state index in [0.717, 1.165) is 30.3 Å². The van der Waals surface area contributed by atoms with Crippen LogP contribution in [0.2, 0.25) is 0 Å². The Kier molecular flexibility index (Phi) is 6.09. The van der Waals surface area contributed by atoms with Gasteiger partial charge in [-0.05, 0) is 35.9 Å². The molecular formula is C28H31N5O4. The van der Waals surface area contributed by atoms with E-state index in [1.165, 1.54) is 16.5 Å². The summed E-state index contributed by atoms with van der Waals surface area (Å²) in [5.74, 6) is 0.181. The lowest BCUT2D eigenvalue weighted by Gasteiger charge is -2.30. The van der Waals surface area contributed by atoms with E-state index in [-0.39, 0.29) is 23.4 Å². The summed E-state index contributed by atoms with van der Waals surface area (Å²) in [6.45, 7) is 4.65. The predicted molar refractivity (Wildman–Crippen MR) is 143 cm³/mol. The van der Waals surface area contributed by atoms with E-state index >= 15 is 0 Å². The van der Waals surface area contributed by atoms with Gasteiger partial charge in [-0.25, -0.2) is 9.78 Å². The minimum absolute atomic E-state index is 0.266. The van der Waals surface area contributed by atoms with Gasteiger partial charge in [-0.15, -0.1) is 0 Å².